The van der Waals surface area contributed by atoms with E-state index in [9.17, 15) is 22.8 Å². The van der Waals surface area contributed by atoms with Crippen LogP contribution in [0, 0.1) is 16.7 Å². The van der Waals surface area contributed by atoms with Gasteiger partial charge in [0.25, 0.3) is 0 Å². The van der Waals surface area contributed by atoms with Crippen LogP contribution in [0.25, 0.3) is 0 Å². The molecule has 0 aromatic heterocycles. The molecule has 1 atom stereocenters. The van der Waals surface area contributed by atoms with Gasteiger partial charge in [0, 0.05) is 0 Å². The lowest BCUT2D eigenvalue weighted by molar-refractivity contribution is -0.191. The van der Waals surface area contributed by atoms with Gasteiger partial charge in [-0.15, -0.1) is 0 Å². The quantitative estimate of drug-likeness (QED) is 0.624. The van der Waals surface area contributed by atoms with E-state index in [0.717, 1.165) is 6.42 Å². The molecule has 0 heterocycles. The maximum Gasteiger partial charge on any atom is 0.422 e. The molecular formula is C16H27F3O4. The highest BCUT2D eigenvalue weighted by Crippen LogP contribution is 2.42. The fraction of sp³-hybridized carbons (Fsp3) is 0.875. The zero-order valence-corrected chi connectivity index (χ0v) is 14.7. The van der Waals surface area contributed by atoms with Crippen LogP contribution in [0.4, 0.5) is 13.2 Å². The number of ether oxygens (including phenoxy) is 2. The van der Waals surface area contributed by atoms with Gasteiger partial charge >= 0.3 is 18.1 Å². The molecule has 4 nitrogen and oxygen atoms in total. The summed E-state index contributed by atoms with van der Waals surface area (Å²) in [7, 11) is 0. The average Bonchev–Trinajstić information content (AvgIpc) is 2.40. The van der Waals surface area contributed by atoms with Crippen molar-refractivity contribution in [1.82, 2.24) is 0 Å². The first-order chi connectivity index (χ1) is 10.2. The maximum atomic E-state index is 12.4. The third-order valence-corrected chi connectivity index (χ3v) is 4.26. The van der Waals surface area contributed by atoms with Crippen LogP contribution in [0.5, 0.6) is 0 Å². The molecule has 23 heavy (non-hydrogen) atoms. The Labute approximate surface area is 135 Å². The van der Waals surface area contributed by atoms with Crippen molar-refractivity contribution in [1.29, 1.82) is 0 Å². The number of esters is 2. The molecule has 0 aliphatic rings. The smallest absolute Gasteiger partial charge is 0.422 e. The monoisotopic (exact) mass is 340 g/mol. The van der Waals surface area contributed by atoms with E-state index in [1.54, 1.807) is 6.92 Å². The molecule has 7 heteroatoms. The summed E-state index contributed by atoms with van der Waals surface area (Å²) in [5.74, 6) is -1.86. The first-order valence-corrected chi connectivity index (χ1v) is 7.63. The van der Waals surface area contributed by atoms with Crippen molar-refractivity contribution in [3.05, 3.63) is 0 Å². The van der Waals surface area contributed by atoms with E-state index in [1.165, 1.54) is 0 Å². The zero-order valence-electron chi connectivity index (χ0n) is 14.7. The number of carbonyl (C=O) groups is 2. The number of carbonyl (C=O) groups excluding carboxylic acids is 2. The lowest BCUT2D eigenvalue weighted by Gasteiger charge is -2.38. The largest absolute Gasteiger partial charge is 0.454 e. The Kier molecular flexibility index (Phi) is 7.57. The summed E-state index contributed by atoms with van der Waals surface area (Å²) in [6.45, 7) is 9.05. The first-order valence-electron chi connectivity index (χ1n) is 7.63. The van der Waals surface area contributed by atoms with E-state index in [1.807, 2.05) is 34.6 Å². The summed E-state index contributed by atoms with van der Waals surface area (Å²) in [5, 5.41) is 0. The van der Waals surface area contributed by atoms with Crippen molar-refractivity contribution >= 4 is 11.9 Å². The van der Waals surface area contributed by atoms with Crippen LogP contribution in [0.3, 0.4) is 0 Å². The highest BCUT2D eigenvalue weighted by Gasteiger charge is 2.42. The Balaban J connectivity index is 4.73. The average molecular weight is 340 g/mol. The van der Waals surface area contributed by atoms with Crippen molar-refractivity contribution in [3.63, 3.8) is 0 Å². The topological polar surface area (TPSA) is 52.6 Å². The van der Waals surface area contributed by atoms with Gasteiger partial charge in [0.2, 0.25) is 0 Å². The third kappa shape index (κ3) is 7.70. The molecular weight excluding hydrogens is 313 g/mol. The van der Waals surface area contributed by atoms with Crippen molar-refractivity contribution in [2.24, 2.45) is 16.7 Å². The summed E-state index contributed by atoms with van der Waals surface area (Å²) < 4.78 is 44.8. The van der Waals surface area contributed by atoms with Crippen molar-refractivity contribution in [2.75, 3.05) is 13.2 Å². The summed E-state index contributed by atoms with van der Waals surface area (Å²) in [4.78, 5) is 23.6. The third-order valence-electron chi connectivity index (χ3n) is 4.26. The van der Waals surface area contributed by atoms with Gasteiger partial charge in [0.1, 0.15) is 0 Å². The van der Waals surface area contributed by atoms with Crippen LogP contribution in [0.1, 0.15) is 54.4 Å². The number of rotatable bonds is 8. The van der Waals surface area contributed by atoms with Crippen LogP contribution in [-0.2, 0) is 19.1 Å². The second-order valence-corrected chi connectivity index (χ2v) is 7.12. The predicted octanol–water partition coefficient (Wildman–Crippen LogP) is 4.12. The van der Waals surface area contributed by atoms with Crippen LogP contribution >= 0.6 is 0 Å². The van der Waals surface area contributed by atoms with Gasteiger partial charge < -0.3 is 9.47 Å². The van der Waals surface area contributed by atoms with Gasteiger partial charge in [-0.05, 0) is 24.7 Å². The fourth-order valence-electron chi connectivity index (χ4n) is 2.12. The van der Waals surface area contributed by atoms with Crippen LogP contribution in [-0.4, -0.2) is 31.3 Å². The summed E-state index contributed by atoms with van der Waals surface area (Å²) >= 11 is 0. The summed E-state index contributed by atoms with van der Waals surface area (Å²) in [6, 6.07) is 0. The molecule has 0 saturated carbocycles. The summed E-state index contributed by atoms with van der Waals surface area (Å²) in [5.41, 5.74) is -0.932. The van der Waals surface area contributed by atoms with Crippen molar-refractivity contribution < 1.29 is 32.2 Å². The molecule has 0 radical (unpaired) electrons. The van der Waals surface area contributed by atoms with Gasteiger partial charge in [-0.1, -0.05) is 41.0 Å². The van der Waals surface area contributed by atoms with Crippen LogP contribution < -0.4 is 0 Å². The van der Waals surface area contributed by atoms with Crippen molar-refractivity contribution in [3.8, 4) is 0 Å². The highest BCUT2D eigenvalue weighted by molar-refractivity contribution is 5.80. The zero-order chi connectivity index (χ0) is 18.5. The van der Waals surface area contributed by atoms with Gasteiger partial charge in [0.05, 0.1) is 5.41 Å². The number of halogens is 3. The van der Waals surface area contributed by atoms with Crippen LogP contribution in [0.15, 0.2) is 0 Å². The minimum atomic E-state index is -4.60. The van der Waals surface area contributed by atoms with E-state index in [-0.39, 0.29) is 11.3 Å². The van der Waals surface area contributed by atoms with E-state index < -0.39 is 36.7 Å². The Hall–Kier alpha value is -1.27. The molecule has 0 fully saturated rings. The van der Waals surface area contributed by atoms with Gasteiger partial charge in [0.15, 0.2) is 13.2 Å². The van der Waals surface area contributed by atoms with Gasteiger partial charge in [-0.25, -0.2) is 4.79 Å². The Morgan fingerprint density at radius 3 is 1.96 bits per heavy atom. The van der Waals surface area contributed by atoms with Gasteiger partial charge in [-0.2, -0.15) is 13.2 Å². The molecule has 0 aromatic carbocycles. The number of alkyl halides is 3. The van der Waals surface area contributed by atoms with Crippen LogP contribution in [0.2, 0.25) is 0 Å². The maximum absolute atomic E-state index is 12.4. The molecule has 0 amide bonds. The standard InChI is InChI=1S/C16H27F3O4/c1-7-14(4,5)9-15(6,11(2)3)13(21)22-8-12(20)23-10-16(17,18)19/h11H,7-10H2,1-6H3. The minimum absolute atomic E-state index is 0.0491. The first kappa shape index (κ1) is 21.7. The lowest BCUT2D eigenvalue weighted by Crippen LogP contribution is -2.40. The number of hydrogen-bond donors (Lipinski definition) is 0. The van der Waals surface area contributed by atoms with E-state index >= 15 is 0 Å². The molecule has 0 spiro atoms. The highest BCUT2D eigenvalue weighted by atomic mass is 19.4. The Morgan fingerprint density at radius 1 is 1.04 bits per heavy atom. The Morgan fingerprint density at radius 2 is 1.57 bits per heavy atom. The molecule has 0 bridgehead atoms. The second-order valence-electron chi connectivity index (χ2n) is 7.12. The molecule has 1 unspecified atom stereocenters. The second kappa shape index (κ2) is 8.02. The summed E-state index contributed by atoms with van der Waals surface area (Å²) in [6.07, 6.45) is -3.20. The fourth-order valence-corrected chi connectivity index (χ4v) is 2.12. The molecule has 0 aromatic rings. The van der Waals surface area contributed by atoms with E-state index in [2.05, 4.69) is 4.74 Å². The van der Waals surface area contributed by atoms with Gasteiger partial charge in [-0.3, -0.25) is 4.79 Å². The van der Waals surface area contributed by atoms with E-state index in [4.69, 9.17) is 4.74 Å². The SMILES string of the molecule is CCC(C)(C)CC(C)(C(=O)OCC(=O)OCC(F)(F)F)C(C)C. The minimum Gasteiger partial charge on any atom is -0.454 e. The number of hydrogen-bond acceptors (Lipinski definition) is 4. The molecule has 0 rings (SSSR count). The molecule has 0 aliphatic carbocycles. The lowest BCUT2D eigenvalue weighted by atomic mass is 9.67. The molecule has 0 N–H and O–H groups in total. The Bertz CT molecular complexity index is 416. The molecule has 0 aliphatic heterocycles. The van der Waals surface area contributed by atoms with E-state index in [0.29, 0.717) is 6.42 Å². The molecule has 0 saturated heterocycles. The predicted molar refractivity (Wildman–Crippen MR) is 79.6 cm³/mol. The normalized spacial score (nSPS) is 15.2. The molecule has 136 valence electrons. The van der Waals surface area contributed by atoms with Crippen molar-refractivity contribution in [2.45, 2.75) is 60.6 Å².